The maximum absolute atomic E-state index is 12.9. The molecule has 9 heteroatoms. The third-order valence-electron chi connectivity index (χ3n) is 4.24. The number of hydrogen-bond acceptors (Lipinski definition) is 4. The predicted molar refractivity (Wildman–Crippen MR) is 90.7 cm³/mol. The number of sulfone groups is 1. The summed E-state index contributed by atoms with van der Waals surface area (Å²) < 4.78 is 36.7. The van der Waals surface area contributed by atoms with Crippen molar-refractivity contribution in [2.24, 2.45) is 0 Å². The fourth-order valence-corrected chi connectivity index (χ4v) is 3.86. The molecule has 2 aromatic rings. The summed E-state index contributed by atoms with van der Waals surface area (Å²) in [5, 5.41) is 9.34. The van der Waals surface area contributed by atoms with Crippen LogP contribution in [-0.2, 0) is 9.84 Å². The molecule has 0 aliphatic carbocycles. The van der Waals surface area contributed by atoms with Crippen LogP contribution in [0.5, 0.6) is 0 Å². The third kappa shape index (κ3) is 3.98. The van der Waals surface area contributed by atoms with Gasteiger partial charge >= 0.3 is 6.03 Å². The van der Waals surface area contributed by atoms with Crippen molar-refractivity contribution in [1.29, 1.82) is 0 Å². The molecular formula is C16H19FN4O3S. The Kier molecular flexibility index (Phi) is 4.76. The molecule has 1 fully saturated rings. The molecule has 2 heterocycles. The number of urea groups is 1. The topological polar surface area (TPSA) is 95.2 Å². The molecule has 0 saturated carbocycles. The second kappa shape index (κ2) is 6.83. The molecule has 25 heavy (non-hydrogen) atoms. The molecule has 1 aliphatic rings. The monoisotopic (exact) mass is 366 g/mol. The summed E-state index contributed by atoms with van der Waals surface area (Å²) in [4.78, 5) is 14.2. The van der Waals surface area contributed by atoms with Gasteiger partial charge in [0, 0.05) is 31.0 Å². The minimum atomic E-state index is -3.38. The molecule has 7 nitrogen and oxygen atoms in total. The molecule has 1 unspecified atom stereocenters. The van der Waals surface area contributed by atoms with Crippen molar-refractivity contribution in [3.63, 3.8) is 0 Å². The van der Waals surface area contributed by atoms with E-state index in [0.717, 1.165) is 19.1 Å². The lowest BCUT2D eigenvalue weighted by molar-refractivity contribution is 0.191. The van der Waals surface area contributed by atoms with Gasteiger partial charge in [-0.2, -0.15) is 5.10 Å². The van der Waals surface area contributed by atoms with Crippen molar-refractivity contribution in [2.45, 2.75) is 23.7 Å². The minimum Gasteiger partial charge on any atom is -0.324 e. The van der Waals surface area contributed by atoms with Crippen molar-refractivity contribution in [1.82, 2.24) is 15.1 Å². The predicted octanol–water partition coefficient (Wildman–Crippen LogP) is 2.36. The Morgan fingerprint density at radius 1 is 1.36 bits per heavy atom. The average molecular weight is 366 g/mol. The smallest absolute Gasteiger partial charge is 0.321 e. The van der Waals surface area contributed by atoms with Gasteiger partial charge in [0.2, 0.25) is 0 Å². The highest BCUT2D eigenvalue weighted by molar-refractivity contribution is 7.90. The summed E-state index contributed by atoms with van der Waals surface area (Å²) >= 11 is 0. The first-order chi connectivity index (χ1) is 11.8. The number of amides is 2. The Morgan fingerprint density at radius 2 is 2.08 bits per heavy atom. The maximum Gasteiger partial charge on any atom is 0.321 e. The molecule has 1 aromatic carbocycles. The number of aromatic amines is 1. The normalized spacial score (nSPS) is 18.2. The minimum absolute atomic E-state index is 0.125. The van der Waals surface area contributed by atoms with Gasteiger partial charge in [-0.3, -0.25) is 5.10 Å². The molecule has 1 aromatic heterocycles. The molecule has 0 bridgehead atoms. The molecular weight excluding hydrogens is 347 g/mol. The van der Waals surface area contributed by atoms with E-state index in [1.165, 1.54) is 30.5 Å². The van der Waals surface area contributed by atoms with Gasteiger partial charge in [-0.05, 0) is 37.1 Å². The third-order valence-corrected chi connectivity index (χ3v) is 5.37. The summed E-state index contributed by atoms with van der Waals surface area (Å²) in [5.74, 6) is -0.497. The standard InChI is InChI=1S/C16H19FN4O3S/c1-25(23,24)14-9-18-20-15(14)11-3-2-8-21(10-11)16(22)19-13-6-4-12(17)5-7-13/h4-7,9,11H,2-3,8,10H2,1H3,(H,18,20)(H,19,22). The number of aromatic nitrogens is 2. The highest BCUT2D eigenvalue weighted by Gasteiger charge is 2.29. The highest BCUT2D eigenvalue weighted by Crippen LogP contribution is 2.30. The zero-order valence-electron chi connectivity index (χ0n) is 13.7. The van der Waals surface area contributed by atoms with Crippen LogP contribution in [0.3, 0.4) is 0 Å². The number of likely N-dealkylation sites (tertiary alicyclic amines) is 1. The van der Waals surface area contributed by atoms with Gasteiger partial charge in [0.15, 0.2) is 9.84 Å². The number of halogens is 1. The average Bonchev–Trinajstić information content (AvgIpc) is 3.07. The van der Waals surface area contributed by atoms with Crippen LogP contribution in [0.2, 0.25) is 0 Å². The Bertz CT molecular complexity index is 864. The van der Waals surface area contributed by atoms with Gasteiger partial charge in [-0.1, -0.05) is 0 Å². The number of hydrogen-bond donors (Lipinski definition) is 2. The van der Waals surface area contributed by atoms with Crippen molar-refractivity contribution < 1.29 is 17.6 Å². The van der Waals surface area contributed by atoms with E-state index in [0.29, 0.717) is 24.5 Å². The van der Waals surface area contributed by atoms with Crippen molar-refractivity contribution in [3.05, 3.63) is 42.0 Å². The number of piperidine rings is 1. The van der Waals surface area contributed by atoms with E-state index in [9.17, 15) is 17.6 Å². The number of H-pyrrole nitrogens is 1. The number of benzene rings is 1. The summed E-state index contributed by atoms with van der Waals surface area (Å²) in [6.07, 6.45) is 3.97. The van der Waals surface area contributed by atoms with Crippen molar-refractivity contribution >= 4 is 21.6 Å². The molecule has 1 atom stereocenters. The van der Waals surface area contributed by atoms with Crippen LogP contribution in [0.4, 0.5) is 14.9 Å². The van der Waals surface area contributed by atoms with E-state index in [4.69, 9.17) is 0 Å². The summed E-state index contributed by atoms with van der Waals surface area (Å²) in [5.41, 5.74) is 1.05. The molecule has 0 radical (unpaired) electrons. The second-order valence-corrected chi connectivity index (χ2v) is 8.13. The van der Waals surface area contributed by atoms with Crippen LogP contribution in [0.25, 0.3) is 0 Å². The van der Waals surface area contributed by atoms with Gasteiger partial charge < -0.3 is 10.2 Å². The number of nitrogens with one attached hydrogen (secondary N) is 2. The molecule has 3 rings (SSSR count). The maximum atomic E-state index is 12.9. The van der Waals surface area contributed by atoms with E-state index in [2.05, 4.69) is 15.5 Å². The fourth-order valence-electron chi connectivity index (χ4n) is 3.01. The van der Waals surface area contributed by atoms with Crippen LogP contribution < -0.4 is 5.32 Å². The van der Waals surface area contributed by atoms with Crippen LogP contribution in [0.15, 0.2) is 35.4 Å². The summed E-state index contributed by atoms with van der Waals surface area (Å²) in [6.45, 7) is 0.962. The first-order valence-corrected chi connectivity index (χ1v) is 9.78. The van der Waals surface area contributed by atoms with Gasteiger partial charge in [0.25, 0.3) is 0 Å². The quantitative estimate of drug-likeness (QED) is 0.872. The highest BCUT2D eigenvalue weighted by atomic mass is 32.2. The molecule has 1 aliphatic heterocycles. The van der Waals surface area contributed by atoms with E-state index >= 15 is 0 Å². The zero-order chi connectivity index (χ0) is 18.0. The van der Waals surface area contributed by atoms with E-state index in [1.807, 2.05) is 0 Å². The lowest BCUT2D eigenvalue weighted by Crippen LogP contribution is -2.41. The van der Waals surface area contributed by atoms with E-state index in [-0.39, 0.29) is 22.7 Å². The molecule has 1 saturated heterocycles. The molecule has 2 N–H and O–H groups in total. The van der Waals surface area contributed by atoms with Crippen LogP contribution >= 0.6 is 0 Å². The van der Waals surface area contributed by atoms with Crippen LogP contribution in [-0.4, -0.2) is 48.9 Å². The lowest BCUT2D eigenvalue weighted by atomic mass is 9.95. The Labute approximate surface area is 145 Å². The first-order valence-electron chi connectivity index (χ1n) is 7.89. The molecule has 2 amide bonds. The van der Waals surface area contributed by atoms with Gasteiger partial charge in [-0.25, -0.2) is 17.6 Å². The zero-order valence-corrected chi connectivity index (χ0v) is 14.5. The number of carbonyl (C=O) groups excluding carboxylic acids is 1. The van der Waals surface area contributed by atoms with Gasteiger partial charge in [0.1, 0.15) is 10.7 Å². The Hall–Kier alpha value is -2.42. The Balaban J connectivity index is 1.72. The molecule has 134 valence electrons. The largest absolute Gasteiger partial charge is 0.324 e. The van der Waals surface area contributed by atoms with Crippen LogP contribution in [0, 0.1) is 5.82 Å². The van der Waals surface area contributed by atoms with Crippen molar-refractivity contribution in [2.75, 3.05) is 24.7 Å². The fraction of sp³-hybridized carbons (Fsp3) is 0.375. The number of nitrogens with zero attached hydrogens (tertiary/aromatic N) is 2. The van der Waals surface area contributed by atoms with Crippen molar-refractivity contribution in [3.8, 4) is 0 Å². The van der Waals surface area contributed by atoms with Gasteiger partial charge in [-0.15, -0.1) is 0 Å². The SMILES string of the molecule is CS(=O)(=O)c1cn[nH]c1C1CCCN(C(=O)Nc2ccc(F)cc2)C1. The van der Waals surface area contributed by atoms with Gasteiger partial charge in [0.05, 0.1) is 11.9 Å². The van der Waals surface area contributed by atoms with Crippen LogP contribution in [0.1, 0.15) is 24.5 Å². The van der Waals surface area contributed by atoms with E-state index < -0.39 is 9.84 Å². The summed E-state index contributed by atoms with van der Waals surface area (Å²) in [7, 11) is -3.38. The number of carbonyl (C=O) groups is 1. The lowest BCUT2D eigenvalue weighted by Gasteiger charge is -2.32. The summed E-state index contributed by atoms with van der Waals surface area (Å²) in [6, 6.07) is 5.24. The number of anilines is 1. The second-order valence-electron chi connectivity index (χ2n) is 6.14. The molecule has 0 spiro atoms. The van der Waals surface area contributed by atoms with E-state index in [1.54, 1.807) is 4.90 Å². The Morgan fingerprint density at radius 3 is 2.76 bits per heavy atom. The number of rotatable bonds is 3. The first kappa shape index (κ1) is 17.4.